The maximum Gasteiger partial charge on any atom is 0.152 e. The van der Waals surface area contributed by atoms with Gasteiger partial charge in [0.1, 0.15) is 0 Å². The van der Waals surface area contributed by atoms with E-state index in [1.54, 1.807) is 13.8 Å². The van der Waals surface area contributed by atoms with Crippen molar-refractivity contribution in [1.29, 1.82) is 0 Å². The average Bonchev–Trinajstić information content (AvgIpc) is 2.43. The molecule has 1 saturated carbocycles. The van der Waals surface area contributed by atoms with Gasteiger partial charge in [-0.3, -0.25) is 0 Å². The second kappa shape index (κ2) is 8.52. The normalized spacial score (nSPS) is 27.5. The summed E-state index contributed by atoms with van der Waals surface area (Å²) in [5, 5.41) is 3.31. The van der Waals surface area contributed by atoms with Crippen LogP contribution >= 0.6 is 0 Å². The van der Waals surface area contributed by atoms with Gasteiger partial charge < -0.3 is 5.32 Å². The van der Waals surface area contributed by atoms with E-state index in [-0.39, 0.29) is 5.25 Å². The Morgan fingerprint density at radius 1 is 1.10 bits per heavy atom. The second-order valence-electron chi connectivity index (χ2n) is 7.37. The first-order chi connectivity index (χ1) is 9.76. The molecule has 3 nitrogen and oxygen atoms in total. The monoisotopic (exact) mass is 317 g/mol. The highest BCUT2D eigenvalue weighted by Crippen LogP contribution is 2.37. The lowest BCUT2D eigenvalue weighted by atomic mass is 9.72. The smallest absolute Gasteiger partial charge is 0.152 e. The van der Waals surface area contributed by atoms with Crippen LogP contribution in [0.3, 0.4) is 0 Å². The zero-order chi connectivity index (χ0) is 16.0. The van der Waals surface area contributed by atoms with Gasteiger partial charge in [0, 0.05) is 6.04 Å². The fourth-order valence-electron chi connectivity index (χ4n) is 3.36. The van der Waals surface area contributed by atoms with Gasteiger partial charge in [-0.05, 0) is 57.4 Å². The molecule has 0 aliphatic heterocycles. The Kier molecular flexibility index (Phi) is 7.69. The van der Waals surface area contributed by atoms with Gasteiger partial charge in [-0.25, -0.2) is 8.42 Å². The van der Waals surface area contributed by atoms with Crippen LogP contribution in [0.1, 0.15) is 66.7 Å². The Balaban J connectivity index is 2.61. The van der Waals surface area contributed by atoms with Crippen molar-refractivity contribution in [2.45, 2.75) is 78.0 Å². The van der Waals surface area contributed by atoms with Crippen molar-refractivity contribution in [3.05, 3.63) is 0 Å². The van der Waals surface area contributed by atoms with Crippen molar-refractivity contribution in [3.8, 4) is 0 Å². The molecule has 4 heteroatoms. The van der Waals surface area contributed by atoms with Crippen LogP contribution in [-0.4, -0.2) is 32.0 Å². The minimum atomic E-state index is -2.90. The molecule has 0 radical (unpaired) electrons. The fraction of sp³-hybridized carbons (Fsp3) is 1.00. The molecule has 1 N–H and O–H groups in total. The van der Waals surface area contributed by atoms with Crippen molar-refractivity contribution in [1.82, 2.24) is 5.32 Å². The summed E-state index contributed by atoms with van der Waals surface area (Å²) in [6.45, 7) is 11.2. The zero-order valence-electron chi connectivity index (χ0n) is 14.6. The van der Waals surface area contributed by atoms with Crippen LogP contribution in [0.4, 0.5) is 0 Å². The molecule has 0 amide bonds. The molecule has 1 aliphatic rings. The molecule has 21 heavy (non-hydrogen) atoms. The summed E-state index contributed by atoms with van der Waals surface area (Å²) in [7, 11) is -2.90. The van der Waals surface area contributed by atoms with Crippen LogP contribution in [0.25, 0.3) is 0 Å². The SMILES string of the molecule is CCC1CCC(CNC(C)C)C(CCS(=O)(=O)C(C)C)C1. The molecular formula is C17H35NO2S. The largest absolute Gasteiger partial charge is 0.314 e. The molecule has 0 aromatic rings. The van der Waals surface area contributed by atoms with E-state index < -0.39 is 9.84 Å². The van der Waals surface area contributed by atoms with Gasteiger partial charge in [0.2, 0.25) is 0 Å². The van der Waals surface area contributed by atoms with Gasteiger partial charge in [-0.15, -0.1) is 0 Å². The van der Waals surface area contributed by atoms with Gasteiger partial charge in [0.25, 0.3) is 0 Å². The Hall–Kier alpha value is -0.0900. The van der Waals surface area contributed by atoms with E-state index in [2.05, 4.69) is 26.1 Å². The van der Waals surface area contributed by atoms with Crippen LogP contribution in [0, 0.1) is 17.8 Å². The summed E-state index contributed by atoms with van der Waals surface area (Å²) < 4.78 is 24.2. The van der Waals surface area contributed by atoms with Crippen molar-refractivity contribution >= 4 is 9.84 Å². The van der Waals surface area contributed by atoms with Crippen LogP contribution in [0.2, 0.25) is 0 Å². The number of rotatable bonds is 8. The Morgan fingerprint density at radius 3 is 2.29 bits per heavy atom. The Bertz CT molecular complexity index is 390. The molecule has 0 heterocycles. The minimum absolute atomic E-state index is 0.240. The number of hydrogen-bond donors (Lipinski definition) is 1. The van der Waals surface area contributed by atoms with Crippen molar-refractivity contribution in [3.63, 3.8) is 0 Å². The first-order valence-corrected chi connectivity index (χ1v) is 10.4. The summed E-state index contributed by atoms with van der Waals surface area (Å²) in [6.07, 6.45) is 5.87. The summed E-state index contributed by atoms with van der Waals surface area (Å²) in [6, 6.07) is 0.508. The van der Waals surface area contributed by atoms with E-state index in [1.165, 1.54) is 25.7 Å². The van der Waals surface area contributed by atoms with E-state index >= 15 is 0 Å². The maximum atomic E-state index is 12.1. The minimum Gasteiger partial charge on any atom is -0.314 e. The third kappa shape index (κ3) is 6.27. The average molecular weight is 318 g/mol. The first kappa shape index (κ1) is 19.0. The first-order valence-electron chi connectivity index (χ1n) is 8.71. The molecule has 3 unspecified atom stereocenters. The lowest BCUT2D eigenvalue weighted by Crippen LogP contribution is -2.37. The van der Waals surface area contributed by atoms with Crippen molar-refractivity contribution in [2.75, 3.05) is 12.3 Å². The lowest BCUT2D eigenvalue weighted by molar-refractivity contribution is 0.166. The number of hydrogen-bond acceptors (Lipinski definition) is 3. The summed E-state index contributed by atoms with van der Waals surface area (Å²) in [5.74, 6) is 2.39. The third-order valence-corrected chi connectivity index (χ3v) is 7.35. The van der Waals surface area contributed by atoms with Crippen molar-refractivity contribution in [2.24, 2.45) is 17.8 Å². The van der Waals surface area contributed by atoms with E-state index in [0.29, 0.717) is 23.6 Å². The van der Waals surface area contributed by atoms with E-state index in [4.69, 9.17) is 0 Å². The van der Waals surface area contributed by atoms with Crippen LogP contribution in [-0.2, 0) is 9.84 Å². The predicted molar refractivity (Wildman–Crippen MR) is 91.3 cm³/mol. The second-order valence-corrected chi connectivity index (χ2v) is 10.1. The van der Waals surface area contributed by atoms with Crippen LogP contribution in [0.5, 0.6) is 0 Å². The van der Waals surface area contributed by atoms with Gasteiger partial charge in [0.15, 0.2) is 9.84 Å². The predicted octanol–water partition coefficient (Wildman–Crippen LogP) is 3.64. The summed E-state index contributed by atoms with van der Waals surface area (Å²) >= 11 is 0. The highest BCUT2D eigenvalue weighted by Gasteiger charge is 2.31. The molecule has 1 rings (SSSR count). The molecule has 0 aromatic carbocycles. The Labute approximate surface area is 132 Å². The topological polar surface area (TPSA) is 46.2 Å². The van der Waals surface area contributed by atoms with E-state index in [9.17, 15) is 8.42 Å². The van der Waals surface area contributed by atoms with Crippen LogP contribution in [0.15, 0.2) is 0 Å². The fourth-order valence-corrected chi connectivity index (χ4v) is 4.46. The molecule has 126 valence electrons. The van der Waals surface area contributed by atoms with E-state index in [0.717, 1.165) is 18.9 Å². The van der Waals surface area contributed by atoms with Gasteiger partial charge >= 0.3 is 0 Å². The molecule has 1 aliphatic carbocycles. The Morgan fingerprint density at radius 2 is 1.76 bits per heavy atom. The number of nitrogens with one attached hydrogen (secondary N) is 1. The lowest BCUT2D eigenvalue weighted by Gasteiger charge is -2.36. The molecular weight excluding hydrogens is 282 g/mol. The molecule has 0 saturated heterocycles. The quantitative estimate of drug-likeness (QED) is 0.743. The number of sulfone groups is 1. The van der Waals surface area contributed by atoms with E-state index in [1.807, 2.05) is 0 Å². The van der Waals surface area contributed by atoms with Crippen LogP contribution < -0.4 is 5.32 Å². The highest BCUT2D eigenvalue weighted by molar-refractivity contribution is 7.91. The molecule has 3 atom stereocenters. The summed E-state index contributed by atoms with van der Waals surface area (Å²) in [5.41, 5.74) is 0. The highest BCUT2D eigenvalue weighted by atomic mass is 32.2. The van der Waals surface area contributed by atoms with Crippen molar-refractivity contribution < 1.29 is 8.42 Å². The maximum absolute atomic E-state index is 12.1. The van der Waals surface area contributed by atoms with Gasteiger partial charge in [-0.1, -0.05) is 33.6 Å². The zero-order valence-corrected chi connectivity index (χ0v) is 15.4. The standard InChI is InChI=1S/C17H35NO2S/c1-6-15-7-8-17(12-18-13(2)3)16(11-15)9-10-21(19,20)14(4)5/h13-18H,6-12H2,1-5H3. The molecule has 0 spiro atoms. The molecule has 0 aromatic heterocycles. The van der Waals surface area contributed by atoms with Gasteiger partial charge in [0.05, 0.1) is 11.0 Å². The molecule has 0 bridgehead atoms. The summed E-state index contributed by atoms with van der Waals surface area (Å²) in [4.78, 5) is 0. The molecule has 1 fully saturated rings. The van der Waals surface area contributed by atoms with Gasteiger partial charge in [-0.2, -0.15) is 0 Å². The third-order valence-electron chi connectivity index (χ3n) is 5.11.